The van der Waals surface area contributed by atoms with Crippen LogP contribution in [-0.4, -0.2) is 42.0 Å². The number of ether oxygens (including phenoxy) is 1. The number of benzene rings is 1. The molecule has 0 heterocycles. The zero-order chi connectivity index (χ0) is 15.3. The van der Waals surface area contributed by atoms with Crippen LogP contribution in [0.5, 0.6) is 0 Å². The molecule has 0 radical (unpaired) electrons. The third-order valence-electron chi connectivity index (χ3n) is 2.81. The fourth-order valence-corrected chi connectivity index (χ4v) is 1.78. The van der Waals surface area contributed by atoms with Crippen molar-refractivity contribution in [2.45, 2.75) is 19.9 Å². The number of carbonyl (C=O) groups excluding carboxylic acids is 1. The molecule has 7 heteroatoms. The number of hydrogen-bond donors (Lipinski definition) is 0. The summed E-state index contributed by atoms with van der Waals surface area (Å²) in [5, 5.41) is 10.9. The quantitative estimate of drug-likeness (QED) is 0.593. The summed E-state index contributed by atoms with van der Waals surface area (Å²) in [5.41, 5.74) is -0.653. The summed E-state index contributed by atoms with van der Waals surface area (Å²) in [6.07, 6.45) is 0. The molecule has 0 aliphatic heterocycles. The molecule has 0 aliphatic rings. The maximum Gasteiger partial charge on any atom is 0.282 e. The van der Waals surface area contributed by atoms with Crippen molar-refractivity contribution in [1.82, 2.24) is 4.90 Å². The summed E-state index contributed by atoms with van der Waals surface area (Å²) in [6, 6.07) is 2.67. The molecule has 0 fully saturated rings. The molecule has 0 saturated heterocycles. The van der Waals surface area contributed by atoms with Crippen molar-refractivity contribution in [3.63, 3.8) is 0 Å². The highest BCUT2D eigenvalue weighted by molar-refractivity contribution is 5.98. The third-order valence-corrected chi connectivity index (χ3v) is 2.81. The summed E-state index contributed by atoms with van der Waals surface area (Å²) in [7, 11) is 1.49. The van der Waals surface area contributed by atoms with Crippen LogP contribution in [-0.2, 0) is 4.74 Å². The molecule has 0 aliphatic carbocycles. The van der Waals surface area contributed by atoms with E-state index < -0.39 is 22.3 Å². The molecule has 0 atom stereocenters. The van der Waals surface area contributed by atoms with E-state index in [1.807, 2.05) is 0 Å². The molecular formula is C13H17FN2O4. The Morgan fingerprint density at radius 1 is 1.50 bits per heavy atom. The summed E-state index contributed by atoms with van der Waals surface area (Å²) in [4.78, 5) is 24.0. The lowest BCUT2D eigenvalue weighted by Gasteiger charge is -2.26. The monoisotopic (exact) mass is 284 g/mol. The molecule has 0 saturated carbocycles. The summed E-state index contributed by atoms with van der Waals surface area (Å²) in [6.45, 7) is 4.13. The topological polar surface area (TPSA) is 72.7 Å². The van der Waals surface area contributed by atoms with Gasteiger partial charge in [0.15, 0.2) is 0 Å². The van der Waals surface area contributed by atoms with Crippen LogP contribution in [0.25, 0.3) is 0 Å². The fourth-order valence-electron chi connectivity index (χ4n) is 1.78. The Morgan fingerprint density at radius 2 is 2.15 bits per heavy atom. The molecule has 1 rings (SSSR count). The summed E-state index contributed by atoms with van der Waals surface area (Å²) in [5.74, 6) is -1.27. The van der Waals surface area contributed by atoms with E-state index in [4.69, 9.17) is 4.74 Å². The second-order valence-corrected chi connectivity index (χ2v) is 4.50. The first kappa shape index (κ1) is 16.0. The fraction of sp³-hybridized carbons (Fsp3) is 0.462. The lowest BCUT2D eigenvalue weighted by molar-refractivity contribution is -0.385. The minimum Gasteiger partial charge on any atom is -0.383 e. The van der Waals surface area contributed by atoms with Gasteiger partial charge in [0.25, 0.3) is 11.6 Å². The van der Waals surface area contributed by atoms with E-state index in [1.165, 1.54) is 12.0 Å². The highest BCUT2D eigenvalue weighted by atomic mass is 19.1. The van der Waals surface area contributed by atoms with Crippen LogP contribution < -0.4 is 0 Å². The van der Waals surface area contributed by atoms with Crippen molar-refractivity contribution in [3.8, 4) is 0 Å². The first-order valence-corrected chi connectivity index (χ1v) is 6.12. The van der Waals surface area contributed by atoms with Gasteiger partial charge in [-0.25, -0.2) is 4.39 Å². The SMILES string of the molecule is COCCN(C(=O)c1cc(F)ccc1[N+](=O)[O-])C(C)C. The second-order valence-electron chi connectivity index (χ2n) is 4.50. The number of hydrogen-bond acceptors (Lipinski definition) is 4. The van der Waals surface area contributed by atoms with E-state index in [0.29, 0.717) is 6.61 Å². The van der Waals surface area contributed by atoms with E-state index in [2.05, 4.69) is 0 Å². The Labute approximate surface area is 116 Å². The molecule has 0 bridgehead atoms. The van der Waals surface area contributed by atoms with Crippen LogP contribution in [0.4, 0.5) is 10.1 Å². The van der Waals surface area contributed by atoms with Crippen molar-refractivity contribution in [3.05, 3.63) is 39.7 Å². The first-order valence-electron chi connectivity index (χ1n) is 6.12. The zero-order valence-electron chi connectivity index (χ0n) is 11.6. The highest BCUT2D eigenvalue weighted by Crippen LogP contribution is 2.22. The van der Waals surface area contributed by atoms with E-state index >= 15 is 0 Å². The molecular weight excluding hydrogens is 267 g/mol. The Hall–Kier alpha value is -2.02. The predicted octanol–water partition coefficient (Wildman–Crippen LogP) is 2.23. The Morgan fingerprint density at radius 3 is 2.65 bits per heavy atom. The van der Waals surface area contributed by atoms with Gasteiger partial charge < -0.3 is 9.64 Å². The van der Waals surface area contributed by atoms with Crippen LogP contribution in [0, 0.1) is 15.9 Å². The second kappa shape index (κ2) is 6.95. The van der Waals surface area contributed by atoms with Gasteiger partial charge in [-0.3, -0.25) is 14.9 Å². The molecule has 0 N–H and O–H groups in total. The summed E-state index contributed by atoms with van der Waals surface area (Å²) >= 11 is 0. The number of halogens is 1. The number of nitrogens with zero attached hydrogens (tertiary/aromatic N) is 2. The van der Waals surface area contributed by atoms with Crippen LogP contribution in [0.3, 0.4) is 0 Å². The van der Waals surface area contributed by atoms with Crippen LogP contribution in [0.1, 0.15) is 24.2 Å². The highest BCUT2D eigenvalue weighted by Gasteiger charge is 2.26. The maximum absolute atomic E-state index is 13.3. The van der Waals surface area contributed by atoms with Gasteiger partial charge in [-0.15, -0.1) is 0 Å². The molecule has 20 heavy (non-hydrogen) atoms. The Balaban J connectivity index is 3.16. The van der Waals surface area contributed by atoms with Crippen molar-refractivity contribution in [1.29, 1.82) is 0 Å². The molecule has 6 nitrogen and oxygen atoms in total. The maximum atomic E-state index is 13.3. The number of amides is 1. The molecule has 110 valence electrons. The third kappa shape index (κ3) is 3.74. The van der Waals surface area contributed by atoms with Gasteiger partial charge in [-0.2, -0.15) is 0 Å². The molecule has 0 spiro atoms. The van der Waals surface area contributed by atoms with E-state index in [-0.39, 0.29) is 18.2 Å². The standard InChI is InChI=1S/C13H17FN2O4/c1-9(2)15(6-7-20-3)13(17)11-8-10(14)4-5-12(11)16(18)19/h4-5,8-9H,6-7H2,1-3H3. The van der Waals surface area contributed by atoms with Crippen molar-refractivity contribution in [2.24, 2.45) is 0 Å². The lowest BCUT2D eigenvalue weighted by atomic mass is 10.1. The zero-order valence-corrected chi connectivity index (χ0v) is 11.6. The number of nitro benzene ring substituents is 1. The molecule has 0 aromatic heterocycles. The van der Waals surface area contributed by atoms with E-state index in [1.54, 1.807) is 13.8 Å². The predicted molar refractivity (Wildman–Crippen MR) is 71.1 cm³/mol. The number of carbonyl (C=O) groups is 1. The first-order chi connectivity index (χ1) is 9.38. The van der Waals surface area contributed by atoms with Crippen LogP contribution in [0.2, 0.25) is 0 Å². The Bertz CT molecular complexity index is 505. The van der Waals surface area contributed by atoms with Gasteiger partial charge >= 0.3 is 0 Å². The van der Waals surface area contributed by atoms with Crippen LogP contribution >= 0.6 is 0 Å². The minimum absolute atomic E-state index is 0.180. The van der Waals surface area contributed by atoms with Gasteiger partial charge in [0.05, 0.1) is 11.5 Å². The number of nitro groups is 1. The number of rotatable bonds is 6. The largest absolute Gasteiger partial charge is 0.383 e. The van der Waals surface area contributed by atoms with Gasteiger partial charge in [0, 0.05) is 25.8 Å². The molecule has 1 aromatic rings. The Kier molecular flexibility index (Phi) is 5.57. The van der Waals surface area contributed by atoms with Crippen molar-refractivity contribution in [2.75, 3.05) is 20.3 Å². The average Bonchev–Trinajstić information content (AvgIpc) is 2.38. The normalized spacial score (nSPS) is 10.7. The van der Waals surface area contributed by atoms with Crippen LogP contribution in [0.15, 0.2) is 18.2 Å². The van der Waals surface area contributed by atoms with Gasteiger partial charge in [-0.1, -0.05) is 0 Å². The van der Waals surface area contributed by atoms with E-state index in [0.717, 1.165) is 18.2 Å². The summed E-state index contributed by atoms with van der Waals surface area (Å²) < 4.78 is 18.2. The van der Waals surface area contributed by atoms with Crippen molar-refractivity contribution < 1.29 is 18.8 Å². The van der Waals surface area contributed by atoms with Gasteiger partial charge in [0.2, 0.25) is 0 Å². The van der Waals surface area contributed by atoms with Crippen molar-refractivity contribution >= 4 is 11.6 Å². The molecule has 0 unspecified atom stereocenters. The molecule has 1 aromatic carbocycles. The smallest absolute Gasteiger partial charge is 0.282 e. The lowest BCUT2D eigenvalue weighted by Crippen LogP contribution is -2.39. The minimum atomic E-state index is -0.693. The van der Waals surface area contributed by atoms with Gasteiger partial charge in [-0.05, 0) is 26.0 Å². The number of methoxy groups -OCH3 is 1. The average molecular weight is 284 g/mol. The molecule has 1 amide bonds. The van der Waals surface area contributed by atoms with Gasteiger partial charge in [0.1, 0.15) is 11.4 Å². The van der Waals surface area contributed by atoms with E-state index in [9.17, 15) is 19.3 Å².